The first-order valence-corrected chi connectivity index (χ1v) is 6.95. The lowest BCUT2D eigenvalue weighted by molar-refractivity contribution is 0.436. The van der Waals surface area contributed by atoms with Crippen LogP contribution in [0.2, 0.25) is 0 Å². The standard InChI is InChI=1S/C14H25N3O/c1-5-9-17-10-8-15-13(14(17)18)16-11(4)12(6-2)7-3/h8,10-12H,5-7,9H2,1-4H3,(H,15,16). The Hall–Kier alpha value is -1.32. The zero-order valence-electron chi connectivity index (χ0n) is 11.9. The quantitative estimate of drug-likeness (QED) is 0.810. The van der Waals surface area contributed by atoms with Crippen molar-refractivity contribution in [3.8, 4) is 0 Å². The van der Waals surface area contributed by atoms with Gasteiger partial charge in [-0.15, -0.1) is 0 Å². The average Bonchev–Trinajstić information content (AvgIpc) is 2.36. The minimum Gasteiger partial charge on any atom is -0.363 e. The molecule has 4 heteroatoms. The van der Waals surface area contributed by atoms with E-state index in [-0.39, 0.29) is 11.6 Å². The molecule has 1 unspecified atom stereocenters. The minimum atomic E-state index is -0.0165. The van der Waals surface area contributed by atoms with Crippen LogP contribution in [0.4, 0.5) is 5.82 Å². The van der Waals surface area contributed by atoms with Crippen molar-refractivity contribution in [2.45, 2.75) is 59.5 Å². The van der Waals surface area contributed by atoms with E-state index < -0.39 is 0 Å². The number of rotatable bonds is 7. The van der Waals surface area contributed by atoms with Crippen LogP contribution in [0.25, 0.3) is 0 Å². The molecule has 0 amide bonds. The first-order valence-electron chi connectivity index (χ1n) is 6.95. The van der Waals surface area contributed by atoms with Gasteiger partial charge in [-0.3, -0.25) is 4.79 Å². The van der Waals surface area contributed by atoms with Crippen LogP contribution in [0.3, 0.4) is 0 Å². The molecule has 0 bridgehead atoms. The van der Waals surface area contributed by atoms with Crippen molar-refractivity contribution in [3.05, 3.63) is 22.7 Å². The highest BCUT2D eigenvalue weighted by atomic mass is 16.1. The van der Waals surface area contributed by atoms with Crippen molar-refractivity contribution < 1.29 is 0 Å². The number of nitrogens with one attached hydrogen (secondary N) is 1. The summed E-state index contributed by atoms with van der Waals surface area (Å²) < 4.78 is 1.72. The molecule has 1 aromatic heterocycles. The van der Waals surface area contributed by atoms with E-state index in [9.17, 15) is 4.79 Å². The summed E-state index contributed by atoms with van der Waals surface area (Å²) in [6, 6.07) is 0.276. The minimum absolute atomic E-state index is 0.0165. The molecular formula is C14H25N3O. The van der Waals surface area contributed by atoms with Crippen LogP contribution in [0.5, 0.6) is 0 Å². The van der Waals surface area contributed by atoms with Crippen LogP contribution in [-0.4, -0.2) is 15.6 Å². The molecule has 0 aliphatic rings. The summed E-state index contributed by atoms with van der Waals surface area (Å²) in [5.74, 6) is 1.05. The highest BCUT2D eigenvalue weighted by Gasteiger charge is 2.15. The molecule has 1 rings (SSSR count). The van der Waals surface area contributed by atoms with Gasteiger partial charge in [0.1, 0.15) is 0 Å². The third kappa shape index (κ3) is 3.59. The molecule has 0 aliphatic carbocycles. The topological polar surface area (TPSA) is 46.9 Å². The fourth-order valence-corrected chi connectivity index (χ4v) is 2.29. The van der Waals surface area contributed by atoms with Gasteiger partial charge in [0.25, 0.3) is 5.56 Å². The average molecular weight is 251 g/mol. The van der Waals surface area contributed by atoms with Crippen molar-refractivity contribution in [3.63, 3.8) is 0 Å². The van der Waals surface area contributed by atoms with Crippen molar-refractivity contribution in [1.82, 2.24) is 9.55 Å². The summed E-state index contributed by atoms with van der Waals surface area (Å²) in [6.45, 7) is 9.29. The zero-order chi connectivity index (χ0) is 13.5. The van der Waals surface area contributed by atoms with Crippen molar-refractivity contribution in [2.24, 2.45) is 5.92 Å². The Morgan fingerprint density at radius 2 is 2.00 bits per heavy atom. The largest absolute Gasteiger partial charge is 0.363 e. The number of nitrogens with zero attached hydrogens (tertiary/aromatic N) is 2. The molecule has 1 N–H and O–H groups in total. The van der Waals surface area contributed by atoms with Gasteiger partial charge in [0.05, 0.1) is 0 Å². The number of aromatic nitrogens is 2. The normalized spacial score (nSPS) is 12.7. The Bertz CT molecular complexity index is 410. The fourth-order valence-electron chi connectivity index (χ4n) is 2.29. The summed E-state index contributed by atoms with van der Waals surface area (Å²) in [7, 11) is 0. The maximum atomic E-state index is 12.1. The number of hydrogen-bond donors (Lipinski definition) is 1. The molecule has 4 nitrogen and oxygen atoms in total. The van der Waals surface area contributed by atoms with Gasteiger partial charge in [0.2, 0.25) is 0 Å². The second-order valence-corrected chi connectivity index (χ2v) is 4.78. The highest BCUT2D eigenvalue weighted by Crippen LogP contribution is 2.15. The molecule has 1 atom stereocenters. The van der Waals surface area contributed by atoms with Crippen molar-refractivity contribution in [1.29, 1.82) is 0 Å². The van der Waals surface area contributed by atoms with Crippen LogP contribution >= 0.6 is 0 Å². The number of aryl methyl sites for hydroxylation is 1. The van der Waals surface area contributed by atoms with Crippen molar-refractivity contribution >= 4 is 5.82 Å². The molecule has 0 saturated carbocycles. The molecule has 0 fully saturated rings. The molecule has 0 aromatic carbocycles. The summed E-state index contributed by atoms with van der Waals surface area (Å²) in [5, 5.41) is 3.27. The lowest BCUT2D eigenvalue weighted by atomic mass is 9.95. The Labute approximate surface area is 109 Å². The Morgan fingerprint density at radius 3 is 2.56 bits per heavy atom. The van der Waals surface area contributed by atoms with E-state index in [4.69, 9.17) is 0 Å². The molecule has 0 aliphatic heterocycles. The molecule has 18 heavy (non-hydrogen) atoms. The predicted molar refractivity (Wildman–Crippen MR) is 75.9 cm³/mol. The summed E-state index contributed by atoms with van der Waals surface area (Å²) >= 11 is 0. The van der Waals surface area contributed by atoms with Gasteiger partial charge < -0.3 is 9.88 Å². The lowest BCUT2D eigenvalue weighted by Gasteiger charge is -2.22. The number of hydrogen-bond acceptors (Lipinski definition) is 3. The lowest BCUT2D eigenvalue weighted by Crippen LogP contribution is -2.31. The molecular weight excluding hydrogens is 226 g/mol. The number of anilines is 1. The van der Waals surface area contributed by atoms with E-state index in [1.807, 2.05) is 0 Å². The van der Waals surface area contributed by atoms with Crippen LogP contribution in [0, 0.1) is 5.92 Å². The molecule has 0 radical (unpaired) electrons. The second-order valence-electron chi connectivity index (χ2n) is 4.78. The zero-order valence-corrected chi connectivity index (χ0v) is 11.9. The van der Waals surface area contributed by atoms with E-state index in [1.54, 1.807) is 17.0 Å². The van der Waals surface area contributed by atoms with E-state index in [2.05, 4.69) is 38.0 Å². The summed E-state index contributed by atoms with van der Waals surface area (Å²) in [6.07, 6.45) is 6.62. The Morgan fingerprint density at radius 1 is 1.33 bits per heavy atom. The molecule has 0 spiro atoms. The monoisotopic (exact) mass is 251 g/mol. The third-order valence-corrected chi connectivity index (χ3v) is 3.50. The van der Waals surface area contributed by atoms with Gasteiger partial charge in [-0.2, -0.15) is 0 Å². The first-order chi connectivity index (χ1) is 8.63. The fraction of sp³-hybridized carbons (Fsp3) is 0.714. The van der Waals surface area contributed by atoms with E-state index in [0.717, 1.165) is 25.8 Å². The van der Waals surface area contributed by atoms with Crippen LogP contribution in [-0.2, 0) is 6.54 Å². The molecule has 0 saturated heterocycles. The van der Waals surface area contributed by atoms with E-state index in [1.165, 1.54) is 0 Å². The Kier molecular flexibility index (Phi) is 5.89. The van der Waals surface area contributed by atoms with Crippen LogP contribution in [0.1, 0.15) is 47.0 Å². The smallest absolute Gasteiger partial charge is 0.293 e. The second kappa shape index (κ2) is 7.19. The van der Waals surface area contributed by atoms with E-state index in [0.29, 0.717) is 11.7 Å². The third-order valence-electron chi connectivity index (χ3n) is 3.50. The van der Waals surface area contributed by atoms with Gasteiger partial charge in [-0.05, 0) is 19.3 Å². The van der Waals surface area contributed by atoms with Gasteiger partial charge in [0.15, 0.2) is 5.82 Å². The van der Waals surface area contributed by atoms with E-state index >= 15 is 0 Å². The SMILES string of the molecule is CCCn1ccnc(NC(C)C(CC)CC)c1=O. The molecule has 1 aromatic rings. The first kappa shape index (κ1) is 14.7. The van der Waals surface area contributed by atoms with Crippen molar-refractivity contribution in [2.75, 3.05) is 5.32 Å². The van der Waals surface area contributed by atoms with Gasteiger partial charge in [-0.1, -0.05) is 33.6 Å². The van der Waals surface area contributed by atoms with Crippen LogP contribution in [0.15, 0.2) is 17.2 Å². The maximum absolute atomic E-state index is 12.1. The molecule has 102 valence electrons. The predicted octanol–water partition coefficient (Wildman–Crippen LogP) is 2.89. The van der Waals surface area contributed by atoms with Gasteiger partial charge >= 0.3 is 0 Å². The van der Waals surface area contributed by atoms with Gasteiger partial charge in [0, 0.05) is 25.0 Å². The van der Waals surface area contributed by atoms with Crippen LogP contribution < -0.4 is 10.9 Å². The Balaban J connectivity index is 2.84. The highest BCUT2D eigenvalue weighted by molar-refractivity contribution is 5.32. The summed E-state index contributed by atoms with van der Waals surface area (Å²) in [5.41, 5.74) is -0.0165. The molecule has 1 heterocycles. The van der Waals surface area contributed by atoms with Gasteiger partial charge in [-0.25, -0.2) is 4.98 Å². The summed E-state index contributed by atoms with van der Waals surface area (Å²) in [4.78, 5) is 16.3. The maximum Gasteiger partial charge on any atom is 0.293 e.